The van der Waals surface area contributed by atoms with Crippen molar-refractivity contribution in [3.05, 3.63) is 17.8 Å². The van der Waals surface area contributed by atoms with E-state index in [2.05, 4.69) is 4.98 Å². The van der Waals surface area contributed by atoms with Crippen molar-refractivity contribution < 1.29 is 0 Å². The van der Waals surface area contributed by atoms with Crippen LogP contribution in [0.3, 0.4) is 0 Å². The minimum Gasteiger partial charge on any atom is -0.397 e. The summed E-state index contributed by atoms with van der Waals surface area (Å²) < 4.78 is 0. The molecule has 0 aliphatic rings. The van der Waals surface area contributed by atoms with Gasteiger partial charge in [0.1, 0.15) is 5.82 Å². The van der Waals surface area contributed by atoms with E-state index in [-0.39, 0.29) is 0 Å². The van der Waals surface area contributed by atoms with Crippen LogP contribution in [-0.2, 0) is 6.42 Å². The van der Waals surface area contributed by atoms with Crippen molar-refractivity contribution in [1.29, 1.82) is 0 Å². The average molecular weight is 137 g/mol. The number of hydrogen-bond acceptors (Lipinski definition) is 3. The maximum absolute atomic E-state index is 5.58. The second-order valence-electron chi connectivity index (χ2n) is 2.16. The molecule has 0 amide bonds. The van der Waals surface area contributed by atoms with Gasteiger partial charge >= 0.3 is 0 Å². The number of nitrogens with two attached hydrogens (primary N) is 2. The topological polar surface area (TPSA) is 64.9 Å². The molecule has 0 bridgehead atoms. The molecule has 54 valence electrons. The predicted molar refractivity (Wildman–Crippen MR) is 42.4 cm³/mol. The zero-order valence-electron chi connectivity index (χ0n) is 5.96. The van der Waals surface area contributed by atoms with E-state index < -0.39 is 0 Å². The molecule has 1 aromatic rings. The van der Waals surface area contributed by atoms with Gasteiger partial charge in [0.25, 0.3) is 0 Å². The second kappa shape index (κ2) is 2.56. The smallest absolute Gasteiger partial charge is 0.123 e. The first-order valence-corrected chi connectivity index (χ1v) is 3.24. The molecule has 1 heterocycles. The Labute approximate surface area is 60.1 Å². The summed E-state index contributed by atoms with van der Waals surface area (Å²) in [5.74, 6) is 0.533. The molecular weight excluding hydrogens is 126 g/mol. The van der Waals surface area contributed by atoms with Crippen molar-refractivity contribution in [2.75, 3.05) is 11.5 Å². The summed E-state index contributed by atoms with van der Waals surface area (Å²) in [5.41, 5.74) is 12.8. The van der Waals surface area contributed by atoms with Crippen LogP contribution in [0.25, 0.3) is 0 Å². The van der Waals surface area contributed by atoms with E-state index in [1.165, 1.54) is 0 Å². The molecule has 10 heavy (non-hydrogen) atoms. The van der Waals surface area contributed by atoms with Crippen molar-refractivity contribution in [2.45, 2.75) is 13.3 Å². The summed E-state index contributed by atoms with van der Waals surface area (Å²) >= 11 is 0. The number of rotatable bonds is 1. The molecule has 0 atom stereocenters. The number of pyridine rings is 1. The van der Waals surface area contributed by atoms with Crippen LogP contribution in [-0.4, -0.2) is 4.98 Å². The van der Waals surface area contributed by atoms with Gasteiger partial charge in [-0.3, -0.25) is 0 Å². The number of nitrogen functional groups attached to an aromatic ring is 2. The molecule has 0 aromatic carbocycles. The summed E-state index contributed by atoms with van der Waals surface area (Å²) in [5, 5.41) is 0. The van der Waals surface area contributed by atoms with E-state index in [0.29, 0.717) is 5.82 Å². The first kappa shape index (κ1) is 6.86. The number of hydrogen-bond donors (Lipinski definition) is 2. The monoisotopic (exact) mass is 137 g/mol. The van der Waals surface area contributed by atoms with Gasteiger partial charge in [-0.05, 0) is 18.1 Å². The minimum atomic E-state index is 0.533. The Morgan fingerprint density at radius 1 is 1.50 bits per heavy atom. The summed E-state index contributed by atoms with van der Waals surface area (Å²) in [7, 11) is 0. The van der Waals surface area contributed by atoms with Gasteiger partial charge < -0.3 is 11.5 Å². The van der Waals surface area contributed by atoms with Gasteiger partial charge in [-0.25, -0.2) is 4.98 Å². The third kappa shape index (κ3) is 1.18. The maximum Gasteiger partial charge on any atom is 0.123 e. The van der Waals surface area contributed by atoms with Crippen molar-refractivity contribution in [1.82, 2.24) is 4.98 Å². The summed E-state index contributed by atoms with van der Waals surface area (Å²) in [6.07, 6.45) is 2.49. The van der Waals surface area contributed by atoms with Crippen LogP contribution in [0.15, 0.2) is 12.3 Å². The van der Waals surface area contributed by atoms with Crippen molar-refractivity contribution >= 4 is 11.5 Å². The lowest BCUT2D eigenvalue weighted by Gasteiger charge is -2.01. The Morgan fingerprint density at radius 2 is 2.20 bits per heavy atom. The molecule has 3 heteroatoms. The van der Waals surface area contributed by atoms with Gasteiger partial charge in [-0.2, -0.15) is 0 Å². The molecule has 0 fully saturated rings. The zero-order chi connectivity index (χ0) is 7.56. The van der Waals surface area contributed by atoms with Gasteiger partial charge in [-0.15, -0.1) is 0 Å². The first-order chi connectivity index (χ1) is 4.74. The van der Waals surface area contributed by atoms with E-state index in [0.717, 1.165) is 17.7 Å². The zero-order valence-corrected chi connectivity index (χ0v) is 5.96. The normalized spacial score (nSPS) is 9.70. The standard InChI is InChI=1S/C7H11N3/c1-2-5-3-7(9)10-4-6(5)8/h3-4H,2,8H2,1H3,(H2,9,10). The van der Waals surface area contributed by atoms with Crippen LogP contribution in [0.4, 0.5) is 11.5 Å². The van der Waals surface area contributed by atoms with Crippen LogP contribution in [0, 0.1) is 0 Å². The van der Waals surface area contributed by atoms with Crippen LogP contribution in [0.1, 0.15) is 12.5 Å². The van der Waals surface area contributed by atoms with Crippen molar-refractivity contribution in [2.24, 2.45) is 0 Å². The Balaban J connectivity index is 3.09. The largest absolute Gasteiger partial charge is 0.397 e. The first-order valence-electron chi connectivity index (χ1n) is 3.24. The summed E-state index contributed by atoms with van der Waals surface area (Å²) in [6.45, 7) is 2.03. The molecule has 1 aromatic heterocycles. The highest BCUT2D eigenvalue weighted by Gasteiger charge is 1.95. The molecule has 0 unspecified atom stereocenters. The van der Waals surface area contributed by atoms with Gasteiger partial charge in [0.2, 0.25) is 0 Å². The van der Waals surface area contributed by atoms with Gasteiger partial charge in [-0.1, -0.05) is 6.92 Å². The SMILES string of the molecule is CCc1cc(N)ncc1N. The van der Waals surface area contributed by atoms with E-state index in [9.17, 15) is 0 Å². The maximum atomic E-state index is 5.58. The minimum absolute atomic E-state index is 0.533. The highest BCUT2D eigenvalue weighted by atomic mass is 14.8. The molecular formula is C7H11N3. The van der Waals surface area contributed by atoms with Crippen LogP contribution in [0.5, 0.6) is 0 Å². The lowest BCUT2D eigenvalue weighted by molar-refractivity contribution is 1.13. The number of nitrogens with zero attached hydrogens (tertiary/aromatic N) is 1. The van der Waals surface area contributed by atoms with Crippen LogP contribution in [0.2, 0.25) is 0 Å². The summed E-state index contributed by atoms with van der Waals surface area (Å²) in [4.78, 5) is 3.84. The molecule has 0 saturated carbocycles. The molecule has 0 radical (unpaired) electrons. The predicted octanol–water partition coefficient (Wildman–Crippen LogP) is 0.808. The Hall–Kier alpha value is -1.25. The van der Waals surface area contributed by atoms with Gasteiger partial charge in [0.15, 0.2) is 0 Å². The fourth-order valence-corrected chi connectivity index (χ4v) is 0.832. The Kier molecular flexibility index (Phi) is 1.76. The molecule has 4 N–H and O–H groups in total. The molecule has 3 nitrogen and oxygen atoms in total. The van der Waals surface area contributed by atoms with E-state index in [1.807, 2.05) is 6.92 Å². The molecule has 1 rings (SSSR count). The lowest BCUT2D eigenvalue weighted by Crippen LogP contribution is -1.97. The fraction of sp³-hybridized carbons (Fsp3) is 0.286. The van der Waals surface area contributed by atoms with Gasteiger partial charge in [0.05, 0.1) is 11.9 Å². The average Bonchev–Trinajstić information content (AvgIpc) is 1.94. The highest BCUT2D eigenvalue weighted by molar-refractivity contribution is 5.49. The molecule has 0 saturated heterocycles. The van der Waals surface area contributed by atoms with Crippen molar-refractivity contribution in [3.8, 4) is 0 Å². The molecule has 0 spiro atoms. The quantitative estimate of drug-likeness (QED) is 0.602. The van der Waals surface area contributed by atoms with Gasteiger partial charge in [0, 0.05) is 0 Å². The fourth-order valence-electron chi connectivity index (χ4n) is 0.832. The number of aryl methyl sites for hydroxylation is 1. The van der Waals surface area contributed by atoms with E-state index >= 15 is 0 Å². The molecule has 0 aliphatic heterocycles. The molecule has 0 aliphatic carbocycles. The van der Waals surface area contributed by atoms with E-state index in [4.69, 9.17) is 11.5 Å². The third-order valence-corrected chi connectivity index (χ3v) is 1.43. The van der Waals surface area contributed by atoms with E-state index in [1.54, 1.807) is 12.3 Å². The van der Waals surface area contributed by atoms with Crippen LogP contribution >= 0.6 is 0 Å². The Morgan fingerprint density at radius 3 is 2.70 bits per heavy atom. The van der Waals surface area contributed by atoms with Crippen LogP contribution < -0.4 is 11.5 Å². The second-order valence-corrected chi connectivity index (χ2v) is 2.16. The number of anilines is 2. The van der Waals surface area contributed by atoms with Crippen molar-refractivity contribution in [3.63, 3.8) is 0 Å². The Bertz CT molecular complexity index is 232. The lowest BCUT2D eigenvalue weighted by atomic mass is 10.2. The number of aromatic nitrogens is 1. The third-order valence-electron chi connectivity index (χ3n) is 1.43. The summed E-state index contributed by atoms with van der Waals surface area (Å²) in [6, 6.07) is 1.80. The highest BCUT2D eigenvalue weighted by Crippen LogP contribution is 2.12.